The predicted molar refractivity (Wildman–Crippen MR) is 86.4 cm³/mol. The van der Waals surface area contributed by atoms with Crippen LogP contribution in [0.3, 0.4) is 0 Å². The van der Waals surface area contributed by atoms with Crippen LogP contribution >= 0.6 is 0 Å². The summed E-state index contributed by atoms with van der Waals surface area (Å²) in [5.41, 5.74) is 10.2. The number of hydrogen-bond acceptors (Lipinski definition) is 4. The Morgan fingerprint density at radius 2 is 2.00 bits per heavy atom. The smallest absolute Gasteiger partial charge is 0.110 e. The highest BCUT2D eigenvalue weighted by molar-refractivity contribution is 5.85. The third-order valence-corrected chi connectivity index (χ3v) is 3.54. The molecule has 0 unspecified atom stereocenters. The van der Waals surface area contributed by atoms with Gasteiger partial charge >= 0.3 is 0 Å². The molecule has 1 aromatic rings. The van der Waals surface area contributed by atoms with Gasteiger partial charge < -0.3 is 16.0 Å². The molecule has 4 heteroatoms. The standard InChI is InChI=1S/C16H22N4/c1-12(9-10-18-3)16(11-17)20-13(2)19(4)14-7-5-6-8-15(14)20/h5-9,11,18H,2,10,17H2,1,3-4H3/b12-9-,16-11+. The van der Waals surface area contributed by atoms with Gasteiger partial charge in [0.25, 0.3) is 0 Å². The summed E-state index contributed by atoms with van der Waals surface area (Å²) in [7, 11) is 3.94. The summed E-state index contributed by atoms with van der Waals surface area (Å²) in [5, 5.41) is 3.11. The summed E-state index contributed by atoms with van der Waals surface area (Å²) < 4.78 is 0. The normalized spacial score (nSPS) is 15.8. The van der Waals surface area contributed by atoms with Crippen LogP contribution in [0.15, 0.2) is 60.2 Å². The summed E-state index contributed by atoms with van der Waals surface area (Å²) >= 11 is 0. The molecule has 3 N–H and O–H groups in total. The molecule has 0 radical (unpaired) electrons. The number of benzene rings is 1. The number of anilines is 2. The van der Waals surface area contributed by atoms with E-state index < -0.39 is 0 Å². The van der Waals surface area contributed by atoms with Crippen LogP contribution in [0.5, 0.6) is 0 Å². The number of likely N-dealkylation sites (N-methyl/N-ethyl adjacent to an activating group) is 1. The maximum Gasteiger partial charge on any atom is 0.110 e. The number of nitrogens with zero attached hydrogens (tertiary/aromatic N) is 2. The van der Waals surface area contributed by atoms with Crippen LogP contribution in [0.2, 0.25) is 0 Å². The van der Waals surface area contributed by atoms with Gasteiger partial charge in [0.1, 0.15) is 5.82 Å². The van der Waals surface area contributed by atoms with Gasteiger partial charge in [-0.1, -0.05) is 24.8 Å². The van der Waals surface area contributed by atoms with Crippen molar-refractivity contribution in [1.29, 1.82) is 0 Å². The molecule has 0 saturated heterocycles. The third kappa shape index (κ3) is 2.30. The maximum absolute atomic E-state index is 5.87. The molecule has 2 rings (SSSR count). The van der Waals surface area contributed by atoms with Crippen LogP contribution in [0, 0.1) is 0 Å². The molecule has 20 heavy (non-hydrogen) atoms. The Bertz CT molecular complexity index is 572. The van der Waals surface area contributed by atoms with Gasteiger partial charge in [-0.05, 0) is 31.7 Å². The van der Waals surface area contributed by atoms with E-state index >= 15 is 0 Å². The van der Waals surface area contributed by atoms with Gasteiger partial charge in [-0.25, -0.2) is 0 Å². The summed E-state index contributed by atoms with van der Waals surface area (Å²) in [5.74, 6) is 0.903. The second-order valence-corrected chi connectivity index (χ2v) is 4.80. The second kappa shape index (κ2) is 5.84. The summed E-state index contributed by atoms with van der Waals surface area (Å²) in [6.07, 6.45) is 3.76. The Labute approximate surface area is 120 Å². The van der Waals surface area contributed by atoms with Crippen LogP contribution in [-0.2, 0) is 0 Å². The molecule has 106 valence electrons. The fraction of sp³-hybridized carbons (Fsp3) is 0.250. The molecule has 1 heterocycles. The first-order chi connectivity index (χ1) is 9.61. The van der Waals surface area contributed by atoms with E-state index in [1.165, 1.54) is 0 Å². The lowest BCUT2D eigenvalue weighted by atomic mass is 10.1. The Morgan fingerprint density at radius 1 is 1.35 bits per heavy atom. The number of rotatable bonds is 4. The largest absolute Gasteiger partial charge is 0.403 e. The predicted octanol–water partition coefficient (Wildman–Crippen LogP) is 2.38. The Balaban J connectivity index is 2.44. The van der Waals surface area contributed by atoms with Gasteiger partial charge in [0.2, 0.25) is 0 Å². The highest BCUT2D eigenvalue weighted by Gasteiger charge is 2.29. The molecule has 0 aromatic heterocycles. The fourth-order valence-electron chi connectivity index (χ4n) is 2.38. The molecular weight excluding hydrogens is 248 g/mol. The first kappa shape index (κ1) is 14.2. The molecule has 0 bridgehead atoms. The van der Waals surface area contributed by atoms with Gasteiger partial charge in [-0.15, -0.1) is 0 Å². The molecule has 1 aliphatic rings. The van der Waals surface area contributed by atoms with Gasteiger partial charge in [0.15, 0.2) is 0 Å². The summed E-state index contributed by atoms with van der Waals surface area (Å²) in [6.45, 7) is 7.04. The number of nitrogens with two attached hydrogens (primary N) is 1. The van der Waals surface area contributed by atoms with Crippen LogP contribution in [0.25, 0.3) is 0 Å². The molecule has 1 aromatic carbocycles. The van der Waals surface area contributed by atoms with Crippen LogP contribution in [-0.4, -0.2) is 20.6 Å². The lowest BCUT2D eigenvalue weighted by Crippen LogP contribution is -2.25. The highest BCUT2D eigenvalue weighted by atomic mass is 15.4. The minimum atomic E-state index is 0.807. The van der Waals surface area contributed by atoms with Crippen LogP contribution < -0.4 is 20.9 Å². The van der Waals surface area contributed by atoms with Gasteiger partial charge in [-0.3, -0.25) is 4.90 Å². The van der Waals surface area contributed by atoms with Crippen molar-refractivity contribution < 1.29 is 0 Å². The molecule has 0 aliphatic carbocycles. The number of allylic oxidation sites excluding steroid dienone is 1. The fourth-order valence-corrected chi connectivity index (χ4v) is 2.38. The Morgan fingerprint density at radius 3 is 2.60 bits per heavy atom. The minimum Gasteiger partial charge on any atom is -0.403 e. The van der Waals surface area contributed by atoms with Crippen LogP contribution in [0.1, 0.15) is 6.92 Å². The van der Waals surface area contributed by atoms with Crippen LogP contribution in [0.4, 0.5) is 11.4 Å². The molecular formula is C16H22N4. The Kier molecular flexibility index (Phi) is 4.15. The van der Waals surface area contributed by atoms with E-state index in [4.69, 9.17) is 5.73 Å². The first-order valence-corrected chi connectivity index (χ1v) is 6.67. The topological polar surface area (TPSA) is 44.5 Å². The number of nitrogens with one attached hydrogen (secondary N) is 1. The number of hydrogen-bond donors (Lipinski definition) is 2. The van der Waals surface area contributed by atoms with Gasteiger partial charge in [0, 0.05) is 19.8 Å². The maximum atomic E-state index is 5.87. The van der Waals surface area contributed by atoms with E-state index in [1.807, 2.05) is 26.2 Å². The molecule has 0 fully saturated rings. The molecule has 0 atom stereocenters. The van der Waals surface area contributed by atoms with Crippen molar-refractivity contribution in [2.45, 2.75) is 6.92 Å². The summed E-state index contributed by atoms with van der Waals surface area (Å²) in [4.78, 5) is 4.17. The minimum absolute atomic E-state index is 0.807. The average molecular weight is 270 g/mol. The van der Waals surface area contributed by atoms with Crippen molar-refractivity contribution in [3.05, 3.63) is 60.2 Å². The SMILES string of the molecule is C=C1N(C)c2ccccc2N1C(=C/N)/C(C)=C\CNC. The number of para-hydroxylation sites is 2. The van der Waals surface area contributed by atoms with E-state index in [2.05, 4.69) is 46.8 Å². The molecule has 0 spiro atoms. The highest BCUT2D eigenvalue weighted by Crippen LogP contribution is 2.42. The zero-order valence-electron chi connectivity index (χ0n) is 12.4. The lowest BCUT2D eigenvalue weighted by Gasteiger charge is -2.25. The Hall–Kier alpha value is -2.20. The van der Waals surface area contributed by atoms with E-state index in [-0.39, 0.29) is 0 Å². The molecule has 0 amide bonds. The molecule has 4 nitrogen and oxygen atoms in total. The third-order valence-electron chi connectivity index (χ3n) is 3.54. The van der Waals surface area contributed by atoms with Crippen molar-refractivity contribution in [1.82, 2.24) is 5.32 Å². The molecule has 0 saturated carbocycles. The zero-order valence-corrected chi connectivity index (χ0v) is 12.4. The van der Waals surface area contributed by atoms with Gasteiger partial charge in [0.05, 0.1) is 17.1 Å². The quantitative estimate of drug-likeness (QED) is 0.825. The van der Waals surface area contributed by atoms with E-state index in [1.54, 1.807) is 6.20 Å². The van der Waals surface area contributed by atoms with Crippen molar-refractivity contribution in [3.8, 4) is 0 Å². The molecule has 1 aliphatic heterocycles. The lowest BCUT2D eigenvalue weighted by molar-refractivity contribution is 0.910. The summed E-state index contributed by atoms with van der Waals surface area (Å²) in [6, 6.07) is 8.22. The first-order valence-electron chi connectivity index (χ1n) is 6.67. The van der Waals surface area contributed by atoms with E-state index in [0.717, 1.165) is 35.0 Å². The zero-order chi connectivity index (χ0) is 14.7. The average Bonchev–Trinajstić information content (AvgIpc) is 2.71. The van der Waals surface area contributed by atoms with Crippen molar-refractivity contribution in [3.63, 3.8) is 0 Å². The van der Waals surface area contributed by atoms with Crippen molar-refractivity contribution in [2.24, 2.45) is 5.73 Å². The second-order valence-electron chi connectivity index (χ2n) is 4.80. The number of fused-ring (bicyclic) bond motifs is 1. The monoisotopic (exact) mass is 270 g/mol. The van der Waals surface area contributed by atoms with Gasteiger partial charge in [-0.2, -0.15) is 0 Å². The van der Waals surface area contributed by atoms with E-state index in [9.17, 15) is 0 Å². The van der Waals surface area contributed by atoms with Crippen molar-refractivity contribution >= 4 is 11.4 Å². The van der Waals surface area contributed by atoms with Crippen molar-refractivity contribution in [2.75, 3.05) is 30.4 Å². The van der Waals surface area contributed by atoms with E-state index in [0.29, 0.717) is 0 Å².